The van der Waals surface area contributed by atoms with Crippen LogP contribution in [-0.4, -0.2) is 14.7 Å². The summed E-state index contributed by atoms with van der Waals surface area (Å²) in [6, 6.07) is 10.5. The third kappa shape index (κ3) is 4.24. The van der Waals surface area contributed by atoms with Gasteiger partial charge in [0.2, 0.25) is 0 Å². The molecule has 2 aromatic carbocycles. The van der Waals surface area contributed by atoms with Crippen molar-refractivity contribution >= 4 is 9.84 Å². The van der Waals surface area contributed by atoms with Gasteiger partial charge in [0.1, 0.15) is 12.4 Å². The molecule has 22 heavy (non-hydrogen) atoms. The molecule has 0 aromatic heterocycles. The Bertz CT molecular complexity index is 750. The van der Waals surface area contributed by atoms with E-state index < -0.39 is 21.6 Å². The number of benzene rings is 2. The quantitative estimate of drug-likeness (QED) is 0.859. The van der Waals surface area contributed by atoms with Gasteiger partial charge in [-0.1, -0.05) is 12.1 Å². The minimum Gasteiger partial charge on any atom is -0.489 e. The maximum atomic E-state index is 12.6. The van der Waals surface area contributed by atoms with Gasteiger partial charge in [0.15, 0.2) is 9.84 Å². The van der Waals surface area contributed by atoms with Crippen LogP contribution in [0.5, 0.6) is 5.75 Å². The molecule has 0 heterocycles. The van der Waals surface area contributed by atoms with Gasteiger partial charge in [0.25, 0.3) is 0 Å². The maximum absolute atomic E-state index is 12.6. The van der Waals surface area contributed by atoms with Crippen LogP contribution in [-0.2, 0) is 22.6 Å². The predicted octanol–water partition coefficient (Wildman–Crippen LogP) is 3.69. The van der Waals surface area contributed by atoms with Crippen LogP contribution in [0.15, 0.2) is 53.4 Å². The van der Waals surface area contributed by atoms with E-state index in [1.807, 2.05) is 0 Å². The molecule has 3 nitrogen and oxygen atoms in total. The highest BCUT2D eigenvalue weighted by atomic mass is 32.2. The summed E-state index contributed by atoms with van der Waals surface area (Å²) in [5, 5.41) is 0. The normalized spacial score (nSPS) is 12.2. The Kier molecular flexibility index (Phi) is 4.46. The van der Waals surface area contributed by atoms with E-state index >= 15 is 0 Å². The lowest BCUT2D eigenvalue weighted by Crippen LogP contribution is -2.06. The van der Waals surface area contributed by atoms with Crippen LogP contribution >= 0.6 is 0 Å². The van der Waals surface area contributed by atoms with E-state index in [9.17, 15) is 21.6 Å². The molecule has 7 heteroatoms. The standard InChI is InChI=1S/C15H13F3O3S/c1-22(19,20)14-7-5-13(6-8-14)21-10-11-3-2-4-12(9-11)15(16,17)18/h2-9H,10H2,1H3. The SMILES string of the molecule is CS(=O)(=O)c1ccc(OCc2cccc(C(F)(F)F)c2)cc1. The third-order valence-corrected chi connectivity index (χ3v) is 4.04. The van der Waals surface area contributed by atoms with Crippen LogP contribution in [0.25, 0.3) is 0 Å². The van der Waals surface area contributed by atoms with Crippen LogP contribution in [0.2, 0.25) is 0 Å². The van der Waals surface area contributed by atoms with E-state index in [4.69, 9.17) is 4.74 Å². The smallest absolute Gasteiger partial charge is 0.416 e. The summed E-state index contributed by atoms with van der Waals surface area (Å²) in [6.45, 7) is -0.0395. The minimum atomic E-state index is -4.40. The van der Waals surface area contributed by atoms with E-state index in [1.165, 1.54) is 36.4 Å². The largest absolute Gasteiger partial charge is 0.489 e. The van der Waals surface area contributed by atoms with Gasteiger partial charge in [-0.2, -0.15) is 13.2 Å². The maximum Gasteiger partial charge on any atom is 0.416 e. The Hall–Kier alpha value is -2.02. The Morgan fingerprint density at radius 1 is 1.05 bits per heavy atom. The van der Waals surface area contributed by atoms with Crippen LogP contribution in [0.4, 0.5) is 13.2 Å². The highest BCUT2D eigenvalue weighted by molar-refractivity contribution is 7.90. The van der Waals surface area contributed by atoms with Crippen molar-refractivity contribution < 1.29 is 26.3 Å². The zero-order valence-electron chi connectivity index (χ0n) is 11.6. The summed E-state index contributed by atoms with van der Waals surface area (Å²) in [6.07, 6.45) is -3.31. The highest BCUT2D eigenvalue weighted by Gasteiger charge is 2.30. The number of hydrogen-bond donors (Lipinski definition) is 0. The summed E-state index contributed by atoms with van der Waals surface area (Å²) in [5.74, 6) is 0.379. The van der Waals surface area contributed by atoms with Crippen molar-refractivity contribution in [2.45, 2.75) is 17.7 Å². The minimum absolute atomic E-state index is 0.0395. The summed E-state index contributed by atoms with van der Waals surface area (Å²) >= 11 is 0. The Balaban J connectivity index is 2.07. The number of ether oxygens (including phenoxy) is 1. The number of hydrogen-bond acceptors (Lipinski definition) is 3. The average Bonchev–Trinajstić information content (AvgIpc) is 2.44. The molecule has 0 aliphatic rings. The lowest BCUT2D eigenvalue weighted by molar-refractivity contribution is -0.137. The molecule has 0 bridgehead atoms. The van der Waals surface area contributed by atoms with Gasteiger partial charge in [0.05, 0.1) is 10.5 Å². The van der Waals surface area contributed by atoms with E-state index in [1.54, 1.807) is 0 Å². The number of sulfone groups is 1. The zero-order chi connectivity index (χ0) is 16.4. The molecule has 0 saturated carbocycles. The number of rotatable bonds is 4. The van der Waals surface area contributed by atoms with Crippen molar-refractivity contribution in [2.75, 3.05) is 6.26 Å². The van der Waals surface area contributed by atoms with E-state index in [2.05, 4.69) is 0 Å². The molecule has 0 spiro atoms. The van der Waals surface area contributed by atoms with Crippen molar-refractivity contribution in [2.24, 2.45) is 0 Å². The second-order valence-electron chi connectivity index (χ2n) is 4.73. The van der Waals surface area contributed by atoms with Crippen LogP contribution in [0.1, 0.15) is 11.1 Å². The van der Waals surface area contributed by atoms with Crippen molar-refractivity contribution in [1.82, 2.24) is 0 Å². The predicted molar refractivity (Wildman–Crippen MR) is 75.3 cm³/mol. The summed E-state index contributed by atoms with van der Waals surface area (Å²) in [7, 11) is -3.29. The molecule has 118 valence electrons. The zero-order valence-corrected chi connectivity index (χ0v) is 12.4. The second kappa shape index (κ2) is 6.00. The molecule has 2 rings (SSSR count). The molecule has 0 N–H and O–H groups in total. The average molecular weight is 330 g/mol. The molecule has 0 unspecified atom stereocenters. The van der Waals surface area contributed by atoms with Gasteiger partial charge in [-0.05, 0) is 42.0 Å². The lowest BCUT2D eigenvalue weighted by atomic mass is 10.1. The summed E-state index contributed by atoms with van der Waals surface area (Å²) < 4.78 is 65.7. The monoisotopic (exact) mass is 330 g/mol. The van der Waals surface area contributed by atoms with Crippen LogP contribution < -0.4 is 4.74 Å². The van der Waals surface area contributed by atoms with Gasteiger partial charge in [0, 0.05) is 6.26 Å². The molecule has 0 saturated heterocycles. The Morgan fingerprint density at radius 3 is 2.23 bits per heavy atom. The first-order valence-electron chi connectivity index (χ1n) is 6.25. The van der Waals surface area contributed by atoms with Crippen LogP contribution in [0.3, 0.4) is 0 Å². The van der Waals surface area contributed by atoms with Crippen molar-refractivity contribution in [3.8, 4) is 5.75 Å². The fraction of sp³-hybridized carbons (Fsp3) is 0.200. The fourth-order valence-electron chi connectivity index (χ4n) is 1.79. The first kappa shape index (κ1) is 16.4. The molecule has 0 aliphatic carbocycles. The third-order valence-electron chi connectivity index (χ3n) is 2.91. The first-order chi connectivity index (χ1) is 10.2. The molecular weight excluding hydrogens is 317 g/mol. The van der Waals surface area contributed by atoms with Crippen molar-refractivity contribution in [3.63, 3.8) is 0 Å². The summed E-state index contributed by atoms with van der Waals surface area (Å²) in [5.41, 5.74) is -0.358. The second-order valence-corrected chi connectivity index (χ2v) is 6.75. The Labute approximate surface area is 126 Å². The van der Waals surface area contributed by atoms with E-state index in [-0.39, 0.29) is 11.5 Å². The molecular formula is C15H13F3O3S. The lowest BCUT2D eigenvalue weighted by Gasteiger charge is -2.10. The van der Waals surface area contributed by atoms with Crippen LogP contribution in [0, 0.1) is 0 Å². The highest BCUT2D eigenvalue weighted by Crippen LogP contribution is 2.29. The molecule has 0 radical (unpaired) electrons. The van der Waals surface area contributed by atoms with E-state index in [0.29, 0.717) is 11.3 Å². The van der Waals surface area contributed by atoms with E-state index in [0.717, 1.165) is 18.4 Å². The molecule has 0 amide bonds. The first-order valence-corrected chi connectivity index (χ1v) is 8.14. The van der Waals surface area contributed by atoms with Gasteiger partial charge in [-0.15, -0.1) is 0 Å². The topological polar surface area (TPSA) is 43.4 Å². The van der Waals surface area contributed by atoms with Gasteiger partial charge in [-0.25, -0.2) is 8.42 Å². The van der Waals surface area contributed by atoms with Gasteiger partial charge < -0.3 is 4.74 Å². The summed E-state index contributed by atoms with van der Waals surface area (Å²) in [4.78, 5) is 0.152. The van der Waals surface area contributed by atoms with Gasteiger partial charge >= 0.3 is 6.18 Å². The molecule has 0 fully saturated rings. The molecule has 2 aromatic rings. The Morgan fingerprint density at radius 2 is 1.68 bits per heavy atom. The number of halogens is 3. The molecule has 0 aliphatic heterocycles. The fourth-order valence-corrected chi connectivity index (χ4v) is 2.42. The van der Waals surface area contributed by atoms with Crippen molar-refractivity contribution in [1.29, 1.82) is 0 Å². The number of alkyl halides is 3. The van der Waals surface area contributed by atoms with Gasteiger partial charge in [-0.3, -0.25) is 0 Å². The van der Waals surface area contributed by atoms with Crippen molar-refractivity contribution in [3.05, 3.63) is 59.7 Å². The molecule has 0 atom stereocenters.